The number of anilines is 1. The maximum absolute atomic E-state index is 12.7. The molecule has 0 amide bonds. The van der Waals surface area contributed by atoms with Crippen LogP contribution in [0.25, 0.3) is 11.3 Å². The molecule has 0 bridgehead atoms. The molecule has 174 valence electrons. The van der Waals surface area contributed by atoms with E-state index in [0.717, 1.165) is 16.8 Å². The van der Waals surface area contributed by atoms with Gasteiger partial charge in [-0.05, 0) is 49.7 Å². The molecular formula is C25H23N3O4S2. The highest BCUT2D eigenvalue weighted by atomic mass is 32.2. The quantitative estimate of drug-likeness (QED) is 0.182. The van der Waals surface area contributed by atoms with E-state index >= 15 is 0 Å². The summed E-state index contributed by atoms with van der Waals surface area (Å²) in [5.41, 5.74) is 6.49. The number of hydrogen-bond donors (Lipinski definition) is 1. The van der Waals surface area contributed by atoms with Crippen LogP contribution in [0.15, 0.2) is 88.2 Å². The molecule has 1 heterocycles. The van der Waals surface area contributed by atoms with Crippen molar-refractivity contribution in [2.24, 2.45) is 5.10 Å². The van der Waals surface area contributed by atoms with Crippen molar-refractivity contribution < 1.29 is 17.3 Å². The fourth-order valence-corrected chi connectivity index (χ4v) is 4.65. The van der Waals surface area contributed by atoms with Crippen molar-refractivity contribution in [1.82, 2.24) is 4.98 Å². The summed E-state index contributed by atoms with van der Waals surface area (Å²) < 4.78 is 36.3. The number of ether oxygens (including phenoxy) is 1. The molecule has 1 N–H and O–H groups in total. The van der Waals surface area contributed by atoms with E-state index in [9.17, 15) is 8.42 Å². The lowest BCUT2D eigenvalue weighted by Gasteiger charge is -2.12. The Morgan fingerprint density at radius 3 is 2.53 bits per heavy atom. The van der Waals surface area contributed by atoms with E-state index in [1.807, 2.05) is 49.6 Å². The molecule has 0 saturated heterocycles. The lowest BCUT2D eigenvalue weighted by molar-refractivity contribution is 0.327. The number of hydrazone groups is 1. The summed E-state index contributed by atoms with van der Waals surface area (Å²) in [6, 6.07) is 21.3. The van der Waals surface area contributed by atoms with Gasteiger partial charge in [0.15, 0.2) is 11.5 Å². The number of thiazole rings is 1. The molecule has 0 aliphatic carbocycles. The van der Waals surface area contributed by atoms with Crippen LogP contribution in [0.3, 0.4) is 0 Å². The third kappa shape index (κ3) is 5.81. The van der Waals surface area contributed by atoms with Gasteiger partial charge in [0.2, 0.25) is 5.13 Å². The molecule has 9 heteroatoms. The molecule has 0 spiro atoms. The first-order valence-electron chi connectivity index (χ1n) is 10.5. The molecule has 0 fully saturated rings. The number of rotatable bonds is 9. The monoisotopic (exact) mass is 493 g/mol. The smallest absolute Gasteiger partial charge is 0.339 e. The van der Waals surface area contributed by atoms with Crippen LogP contribution in [0, 0.1) is 6.92 Å². The van der Waals surface area contributed by atoms with E-state index in [2.05, 4.69) is 15.5 Å². The van der Waals surface area contributed by atoms with Gasteiger partial charge >= 0.3 is 10.1 Å². The molecule has 0 radical (unpaired) electrons. The van der Waals surface area contributed by atoms with Crippen LogP contribution in [0.5, 0.6) is 11.5 Å². The van der Waals surface area contributed by atoms with Gasteiger partial charge in [0.25, 0.3) is 0 Å². The van der Waals surface area contributed by atoms with Crippen molar-refractivity contribution in [3.63, 3.8) is 0 Å². The molecule has 0 aliphatic rings. The number of nitrogens with zero attached hydrogens (tertiary/aromatic N) is 2. The van der Waals surface area contributed by atoms with Gasteiger partial charge in [0.1, 0.15) is 4.90 Å². The highest BCUT2D eigenvalue weighted by Crippen LogP contribution is 2.31. The summed E-state index contributed by atoms with van der Waals surface area (Å²) in [7, 11) is -3.99. The van der Waals surface area contributed by atoms with E-state index in [1.54, 1.807) is 36.5 Å². The van der Waals surface area contributed by atoms with Crippen molar-refractivity contribution in [1.29, 1.82) is 0 Å². The van der Waals surface area contributed by atoms with Crippen LogP contribution in [0.2, 0.25) is 0 Å². The summed E-state index contributed by atoms with van der Waals surface area (Å²) in [4.78, 5) is 4.61. The van der Waals surface area contributed by atoms with Crippen LogP contribution in [-0.2, 0) is 10.1 Å². The van der Waals surface area contributed by atoms with E-state index in [-0.39, 0.29) is 10.6 Å². The number of benzene rings is 3. The number of aryl methyl sites for hydroxylation is 1. The Hall–Kier alpha value is -3.69. The van der Waals surface area contributed by atoms with Crippen molar-refractivity contribution in [3.05, 3.63) is 89.3 Å². The predicted molar refractivity (Wildman–Crippen MR) is 135 cm³/mol. The van der Waals surface area contributed by atoms with Crippen molar-refractivity contribution in [3.8, 4) is 22.8 Å². The average molecular weight is 494 g/mol. The third-order valence-electron chi connectivity index (χ3n) is 4.72. The summed E-state index contributed by atoms with van der Waals surface area (Å²) in [5.74, 6) is 0.419. The lowest BCUT2D eigenvalue weighted by Crippen LogP contribution is -2.11. The molecule has 0 saturated carbocycles. The molecule has 4 rings (SSSR count). The standard InChI is InChI=1S/C25H23N3O4S2/c1-3-31-24-15-19(11-14-23(24)32-34(29,30)21-12-9-18(2)10-13-21)16-26-28-25-27-22(17-33-25)20-7-5-4-6-8-20/h4-17H,3H2,1-2H3,(H,27,28). The Balaban J connectivity index is 1.47. The van der Waals surface area contributed by atoms with E-state index in [1.165, 1.54) is 23.5 Å². The second-order valence-electron chi connectivity index (χ2n) is 7.26. The van der Waals surface area contributed by atoms with Gasteiger partial charge in [0, 0.05) is 10.9 Å². The molecule has 4 aromatic rings. The molecule has 7 nitrogen and oxygen atoms in total. The van der Waals surface area contributed by atoms with Gasteiger partial charge in [-0.25, -0.2) is 4.98 Å². The first-order valence-corrected chi connectivity index (χ1v) is 12.8. The SMILES string of the molecule is CCOc1cc(C=NNc2nc(-c3ccccc3)cs2)ccc1OS(=O)(=O)c1ccc(C)cc1. The summed E-state index contributed by atoms with van der Waals surface area (Å²) in [5, 5.41) is 6.85. The maximum atomic E-state index is 12.7. The topological polar surface area (TPSA) is 89.9 Å². The minimum Gasteiger partial charge on any atom is -0.490 e. The summed E-state index contributed by atoms with van der Waals surface area (Å²) in [6.07, 6.45) is 1.60. The Morgan fingerprint density at radius 1 is 1.03 bits per heavy atom. The number of nitrogens with one attached hydrogen (secondary N) is 1. The predicted octanol–water partition coefficient (Wildman–Crippen LogP) is 5.73. The van der Waals surface area contributed by atoms with Crippen LogP contribution in [0.4, 0.5) is 5.13 Å². The highest BCUT2D eigenvalue weighted by molar-refractivity contribution is 7.87. The molecule has 0 atom stereocenters. The zero-order valence-electron chi connectivity index (χ0n) is 18.6. The van der Waals surface area contributed by atoms with Crippen LogP contribution < -0.4 is 14.3 Å². The van der Waals surface area contributed by atoms with Gasteiger partial charge in [-0.15, -0.1) is 11.3 Å². The number of hydrogen-bond acceptors (Lipinski definition) is 8. The van der Waals surface area contributed by atoms with Gasteiger partial charge < -0.3 is 8.92 Å². The molecular weight excluding hydrogens is 470 g/mol. The Labute approximate surface area is 202 Å². The van der Waals surface area contributed by atoms with E-state index < -0.39 is 10.1 Å². The number of aromatic nitrogens is 1. The second-order valence-corrected chi connectivity index (χ2v) is 9.67. The van der Waals surface area contributed by atoms with Gasteiger partial charge in [-0.2, -0.15) is 13.5 Å². The summed E-state index contributed by atoms with van der Waals surface area (Å²) in [6.45, 7) is 4.05. The first kappa shape index (κ1) is 23.5. The maximum Gasteiger partial charge on any atom is 0.339 e. The van der Waals surface area contributed by atoms with Gasteiger partial charge in [-0.1, -0.05) is 48.0 Å². The van der Waals surface area contributed by atoms with E-state index in [0.29, 0.717) is 23.1 Å². The Kier molecular flexibility index (Phi) is 7.24. The fraction of sp³-hybridized carbons (Fsp3) is 0.120. The fourth-order valence-electron chi connectivity index (χ4n) is 3.04. The Bertz CT molecular complexity index is 1380. The lowest BCUT2D eigenvalue weighted by atomic mass is 10.2. The molecule has 3 aromatic carbocycles. The van der Waals surface area contributed by atoms with Gasteiger partial charge in [-0.3, -0.25) is 5.43 Å². The zero-order valence-corrected chi connectivity index (χ0v) is 20.3. The normalized spacial score (nSPS) is 11.5. The Morgan fingerprint density at radius 2 is 1.79 bits per heavy atom. The van der Waals surface area contributed by atoms with E-state index in [4.69, 9.17) is 8.92 Å². The van der Waals surface area contributed by atoms with Crippen molar-refractivity contribution in [2.75, 3.05) is 12.0 Å². The van der Waals surface area contributed by atoms with Crippen LogP contribution in [0.1, 0.15) is 18.1 Å². The van der Waals surface area contributed by atoms with Crippen molar-refractivity contribution in [2.45, 2.75) is 18.7 Å². The average Bonchev–Trinajstić information content (AvgIpc) is 3.31. The zero-order chi connectivity index (χ0) is 24.0. The molecule has 0 aliphatic heterocycles. The van der Waals surface area contributed by atoms with Crippen LogP contribution >= 0.6 is 11.3 Å². The van der Waals surface area contributed by atoms with Gasteiger partial charge in [0.05, 0.1) is 18.5 Å². The summed E-state index contributed by atoms with van der Waals surface area (Å²) >= 11 is 1.45. The van der Waals surface area contributed by atoms with Crippen LogP contribution in [-0.4, -0.2) is 26.2 Å². The molecule has 34 heavy (non-hydrogen) atoms. The molecule has 1 aromatic heterocycles. The highest BCUT2D eigenvalue weighted by Gasteiger charge is 2.19. The minimum absolute atomic E-state index is 0.0775. The third-order valence-corrected chi connectivity index (χ3v) is 6.72. The van der Waals surface area contributed by atoms with Crippen molar-refractivity contribution >= 4 is 32.8 Å². The largest absolute Gasteiger partial charge is 0.490 e. The first-order chi connectivity index (χ1) is 16.4. The second kappa shape index (κ2) is 10.5. The molecule has 0 unspecified atom stereocenters. The minimum atomic E-state index is -3.99.